The van der Waals surface area contributed by atoms with Crippen LogP contribution in [0.2, 0.25) is 0 Å². The second-order valence-corrected chi connectivity index (χ2v) is 8.65. The molecular weight excluding hydrogens is 436 g/mol. The summed E-state index contributed by atoms with van der Waals surface area (Å²) in [5.41, 5.74) is 3.16. The molecule has 5 rings (SSSR count). The Kier molecular flexibility index (Phi) is 5.61. The molecule has 176 valence electrons. The molecule has 0 saturated heterocycles. The number of amides is 2. The number of nitrogens with zero attached hydrogens (tertiary/aromatic N) is 3. The lowest BCUT2D eigenvalue weighted by Crippen LogP contribution is -2.47. The first-order valence-electron chi connectivity index (χ1n) is 11.1. The number of hydrogen-bond acceptors (Lipinski definition) is 7. The van der Waals surface area contributed by atoms with Crippen LogP contribution in [0.25, 0.3) is 17.0 Å². The average molecular weight is 463 g/mol. The van der Waals surface area contributed by atoms with Crippen LogP contribution in [0, 0.1) is 5.92 Å². The third-order valence-corrected chi connectivity index (χ3v) is 5.88. The predicted octanol–water partition coefficient (Wildman–Crippen LogP) is 4.63. The van der Waals surface area contributed by atoms with Gasteiger partial charge in [0.15, 0.2) is 11.5 Å². The van der Waals surface area contributed by atoms with Crippen LogP contribution in [0.15, 0.2) is 52.7 Å². The normalized spacial score (nSPS) is 17.4. The molecule has 3 heterocycles. The first-order chi connectivity index (χ1) is 16.4. The number of fused-ring (bicyclic) bond motifs is 1. The van der Waals surface area contributed by atoms with Crippen molar-refractivity contribution in [2.75, 3.05) is 20.4 Å². The molecule has 0 aliphatic carbocycles. The molecule has 0 fully saturated rings. The van der Waals surface area contributed by atoms with Crippen LogP contribution < -0.4 is 19.5 Å². The summed E-state index contributed by atoms with van der Waals surface area (Å²) in [7, 11) is 1.62. The van der Waals surface area contributed by atoms with Gasteiger partial charge in [0, 0.05) is 17.8 Å². The van der Waals surface area contributed by atoms with E-state index in [4.69, 9.17) is 23.7 Å². The number of methoxy groups -OCH3 is 1. The SMILES string of the molecule is COc1ccc(C2NC(=O)N(CC(C)C)C(C)=C2c2nc(-c3ccc4c(c3)OCO4)no2)cc1. The Morgan fingerprint density at radius 1 is 1.15 bits per heavy atom. The highest BCUT2D eigenvalue weighted by atomic mass is 16.7. The molecule has 1 N–H and O–H groups in total. The third kappa shape index (κ3) is 3.93. The lowest BCUT2D eigenvalue weighted by Gasteiger charge is -2.36. The van der Waals surface area contributed by atoms with E-state index in [1.54, 1.807) is 12.0 Å². The van der Waals surface area contributed by atoms with E-state index in [1.165, 1.54) is 0 Å². The summed E-state index contributed by atoms with van der Waals surface area (Å²) in [6.45, 7) is 6.81. The van der Waals surface area contributed by atoms with Crippen LogP contribution >= 0.6 is 0 Å². The minimum absolute atomic E-state index is 0.161. The second-order valence-electron chi connectivity index (χ2n) is 8.65. The van der Waals surface area contributed by atoms with E-state index in [-0.39, 0.29) is 18.7 Å². The number of rotatable bonds is 6. The molecule has 0 saturated carbocycles. The predicted molar refractivity (Wildman–Crippen MR) is 124 cm³/mol. The molecule has 2 aliphatic heterocycles. The van der Waals surface area contributed by atoms with Gasteiger partial charge in [-0.25, -0.2) is 4.79 Å². The van der Waals surface area contributed by atoms with Gasteiger partial charge in [0.2, 0.25) is 12.6 Å². The molecule has 2 amide bonds. The van der Waals surface area contributed by atoms with Crippen LogP contribution in [-0.2, 0) is 0 Å². The van der Waals surface area contributed by atoms with Gasteiger partial charge in [-0.05, 0) is 48.7 Å². The van der Waals surface area contributed by atoms with Gasteiger partial charge in [-0.1, -0.05) is 31.1 Å². The first-order valence-corrected chi connectivity index (χ1v) is 11.1. The van der Waals surface area contributed by atoms with Crippen LogP contribution in [0.4, 0.5) is 4.79 Å². The summed E-state index contributed by atoms with van der Waals surface area (Å²) < 4.78 is 21.9. The van der Waals surface area contributed by atoms with Crippen molar-refractivity contribution in [2.45, 2.75) is 26.8 Å². The van der Waals surface area contributed by atoms with Crippen LogP contribution in [-0.4, -0.2) is 41.5 Å². The monoisotopic (exact) mass is 462 g/mol. The van der Waals surface area contributed by atoms with Crippen molar-refractivity contribution in [3.63, 3.8) is 0 Å². The Balaban J connectivity index is 1.57. The molecule has 0 spiro atoms. The molecule has 2 aliphatic rings. The summed E-state index contributed by atoms with van der Waals surface area (Å²) in [6, 6.07) is 12.5. The fraction of sp³-hybridized carbons (Fsp3) is 0.320. The summed E-state index contributed by atoms with van der Waals surface area (Å²) in [6.07, 6.45) is 0. The fourth-order valence-electron chi connectivity index (χ4n) is 4.18. The van der Waals surface area contributed by atoms with Gasteiger partial charge in [0.05, 0.1) is 18.7 Å². The minimum atomic E-state index is -0.452. The number of hydrogen-bond donors (Lipinski definition) is 1. The zero-order valence-corrected chi connectivity index (χ0v) is 19.5. The molecule has 1 atom stereocenters. The van der Waals surface area contributed by atoms with Crippen molar-refractivity contribution >= 4 is 11.6 Å². The zero-order chi connectivity index (χ0) is 23.8. The Morgan fingerprint density at radius 2 is 1.91 bits per heavy atom. The molecular formula is C25H26N4O5. The summed E-state index contributed by atoms with van der Waals surface area (Å²) in [5.74, 6) is 3.12. The lowest BCUT2D eigenvalue weighted by molar-refractivity contribution is 0.174. The van der Waals surface area contributed by atoms with Crippen LogP contribution in [0.3, 0.4) is 0 Å². The molecule has 1 aromatic heterocycles. The largest absolute Gasteiger partial charge is 0.497 e. The third-order valence-electron chi connectivity index (χ3n) is 5.88. The molecule has 2 aromatic carbocycles. The molecule has 0 bridgehead atoms. The highest BCUT2D eigenvalue weighted by Crippen LogP contribution is 2.39. The number of aromatic nitrogens is 2. The highest BCUT2D eigenvalue weighted by Gasteiger charge is 2.36. The van der Waals surface area contributed by atoms with E-state index >= 15 is 0 Å². The smallest absolute Gasteiger partial charge is 0.322 e. The average Bonchev–Trinajstić information content (AvgIpc) is 3.50. The first kappa shape index (κ1) is 21.8. The fourth-order valence-corrected chi connectivity index (χ4v) is 4.18. The maximum atomic E-state index is 13.0. The second kappa shape index (κ2) is 8.74. The Bertz CT molecular complexity index is 1250. The number of ether oxygens (including phenoxy) is 3. The van der Waals surface area contributed by atoms with Crippen molar-refractivity contribution in [2.24, 2.45) is 5.92 Å². The lowest BCUT2D eigenvalue weighted by atomic mass is 9.94. The Hall–Kier alpha value is -4.01. The molecule has 34 heavy (non-hydrogen) atoms. The van der Waals surface area contributed by atoms with Crippen molar-refractivity contribution in [3.05, 3.63) is 59.6 Å². The van der Waals surface area contributed by atoms with E-state index in [0.29, 0.717) is 29.8 Å². The standard InChI is InChI=1S/C25H26N4O5/c1-14(2)12-29-15(3)21(22(26-25(29)30)16-5-8-18(31-4)9-6-16)24-27-23(28-34-24)17-7-10-19-20(11-17)33-13-32-19/h5-11,14,22H,12-13H2,1-4H3,(H,26,30). The Morgan fingerprint density at radius 3 is 2.65 bits per heavy atom. The number of carbonyl (C=O) groups is 1. The maximum Gasteiger partial charge on any atom is 0.322 e. The molecule has 0 radical (unpaired) electrons. The van der Waals surface area contributed by atoms with Crippen molar-refractivity contribution in [3.8, 4) is 28.6 Å². The number of allylic oxidation sites excluding steroid dienone is 1. The topological polar surface area (TPSA) is 99.0 Å². The van der Waals surface area contributed by atoms with Gasteiger partial charge in [-0.15, -0.1) is 0 Å². The van der Waals surface area contributed by atoms with Crippen molar-refractivity contribution in [1.29, 1.82) is 0 Å². The zero-order valence-electron chi connectivity index (χ0n) is 19.5. The summed E-state index contributed by atoms with van der Waals surface area (Å²) >= 11 is 0. The molecule has 9 heteroatoms. The van der Waals surface area contributed by atoms with Gasteiger partial charge in [-0.2, -0.15) is 4.98 Å². The van der Waals surface area contributed by atoms with Gasteiger partial charge in [0.25, 0.3) is 5.89 Å². The van der Waals surface area contributed by atoms with Gasteiger partial charge in [0.1, 0.15) is 5.75 Å². The van der Waals surface area contributed by atoms with Crippen molar-refractivity contribution < 1.29 is 23.5 Å². The highest BCUT2D eigenvalue weighted by molar-refractivity contribution is 5.87. The summed E-state index contributed by atoms with van der Waals surface area (Å²) in [4.78, 5) is 19.4. The van der Waals surface area contributed by atoms with Gasteiger partial charge in [-0.3, -0.25) is 4.90 Å². The molecule has 3 aromatic rings. The molecule has 9 nitrogen and oxygen atoms in total. The van der Waals surface area contributed by atoms with Crippen LogP contribution in [0.5, 0.6) is 17.2 Å². The van der Waals surface area contributed by atoms with E-state index < -0.39 is 6.04 Å². The van der Waals surface area contributed by atoms with E-state index in [0.717, 1.165) is 28.1 Å². The van der Waals surface area contributed by atoms with E-state index in [9.17, 15) is 4.79 Å². The van der Waals surface area contributed by atoms with Gasteiger partial charge < -0.3 is 24.1 Å². The maximum absolute atomic E-state index is 13.0. The van der Waals surface area contributed by atoms with E-state index in [2.05, 4.69) is 24.3 Å². The van der Waals surface area contributed by atoms with Crippen LogP contribution in [0.1, 0.15) is 38.3 Å². The van der Waals surface area contributed by atoms with Gasteiger partial charge >= 0.3 is 6.03 Å². The van der Waals surface area contributed by atoms with Crippen molar-refractivity contribution in [1.82, 2.24) is 20.4 Å². The van der Waals surface area contributed by atoms with E-state index in [1.807, 2.05) is 49.4 Å². The number of benzene rings is 2. The quantitative estimate of drug-likeness (QED) is 0.570. The number of carbonyl (C=O) groups excluding carboxylic acids is 1. The summed E-state index contributed by atoms with van der Waals surface area (Å²) in [5, 5.41) is 7.33. The number of urea groups is 1. The Labute approximate surface area is 197 Å². The molecule has 1 unspecified atom stereocenters. The number of nitrogens with one attached hydrogen (secondary N) is 1. The minimum Gasteiger partial charge on any atom is -0.497 e.